The van der Waals surface area contributed by atoms with Gasteiger partial charge in [-0.3, -0.25) is 9.89 Å². The molecule has 0 saturated carbocycles. The lowest BCUT2D eigenvalue weighted by Gasteiger charge is -2.35. The van der Waals surface area contributed by atoms with Gasteiger partial charge in [0.05, 0.1) is 11.7 Å². The Morgan fingerprint density at radius 1 is 1.09 bits per heavy atom. The third-order valence-corrected chi connectivity index (χ3v) is 6.17. The summed E-state index contributed by atoms with van der Waals surface area (Å²) in [6, 6.07) is 8.46. The van der Waals surface area contributed by atoms with Crippen molar-refractivity contribution in [3.63, 3.8) is 0 Å². The van der Waals surface area contributed by atoms with Crippen LogP contribution in [0.15, 0.2) is 61.7 Å². The van der Waals surface area contributed by atoms with Crippen molar-refractivity contribution in [2.45, 2.75) is 0 Å². The van der Waals surface area contributed by atoms with E-state index in [9.17, 15) is 9.18 Å². The van der Waals surface area contributed by atoms with Gasteiger partial charge in [-0.2, -0.15) is 5.10 Å². The quantitative estimate of drug-likeness (QED) is 0.457. The van der Waals surface area contributed by atoms with E-state index in [1.54, 1.807) is 41.6 Å². The number of carbonyl (C=O) groups is 1. The first-order valence-electron chi connectivity index (χ1n) is 10.4. The van der Waals surface area contributed by atoms with Crippen molar-refractivity contribution in [3.05, 3.63) is 72.5 Å². The third kappa shape index (κ3) is 3.93. The molecule has 5 rings (SSSR count). The highest BCUT2D eigenvalue weighted by Crippen LogP contribution is 2.37. The lowest BCUT2D eigenvalue weighted by atomic mass is 9.99. The molecule has 1 N–H and O–H groups in total. The number of hydrogen-bond acceptors (Lipinski definition) is 5. The Labute approximate surface area is 194 Å². The van der Waals surface area contributed by atoms with Crippen molar-refractivity contribution in [1.29, 1.82) is 0 Å². The van der Waals surface area contributed by atoms with E-state index >= 15 is 0 Å². The molecule has 7 nitrogen and oxygen atoms in total. The summed E-state index contributed by atoms with van der Waals surface area (Å²) in [5.41, 5.74) is 3.28. The molecule has 0 bridgehead atoms. The monoisotopic (exact) mass is 462 g/mol. The molecular formula is C24H20ClFN6O. The Balaban J connectivity index is 1.52. The lowest BCUT2D eigenvalue weighted by molar-refractivity contribution is -0.126. The fraction of sp³-hybridized carbons (Fsp3) is 0.167. The van der Waals surface area contributed by atoms with Gasteiger partial charge in [0.2, 0.25) is 5.91 Å². The van der Waals surface area contributed by atoms with E-state index in [0.717, 1.165) is 22.3 Å². The summed E-state index contributed by atoms with van der Waals surface area (Å²) in [5, 5.41) is 7.92. The number of aromatic amines is 1. The van der Waals surface area contributed by atoms with Crippen LogP contribution in [0.4, 0.5) is 10.2 Å². The number of amides is 1. The molecule has 1 amide bonds. The number of H-pyrrole nitrogens is 1. The zero-order chi connectivity index (χ0) is 22.9. The van der Waals surface area contributed by atoms with Crippen molar-refractivity contribution in [3.8, 4) is 22.3 Å². The molecule has 0 aliphatic carbocycles. The van der Waals surface area contributed by atoms with Gasteiger partial charge < -0.3 is 9.80 Å². The molecule has 0 atom stereocenters. The maximum Gasteiger partial charge on any atom is 0.246 e. The maximum absolute atomic E-state index is 14.8. The van der Waals surface area contributed by atoms with Crippen molar-refractivity contribution in [2.75, 3.05) is 31.1 Å². The second-order valence-electron chi connectivity index (χ2n) is 7.74. The normalized spacial score (nSPS) is 14.0. The molecule has 33 heavy (non-hydrogen) atoms. The molecule has 1 fully saturated rings. The SMILES string of the molecule is C=CC(=O)N1CCN(c2ncnc3cc(-c4cc(-c5cn[nH]c5)ccc4F)c(Cl)cc23)CC1. The Hall–Kier alpha value is -3.78. The molecule has 3 heterocycles. The summed E-state index contributed by atoms with van der Waals surface area (Å²) in [4.78, 5) is 24.6. The van der Waals surface area contributed by atoms with Crippen LogP contribution in [-0.4, -0.2) is 57.2 Å². The van der Waals surface area contributed by atoms with E-state index < -0.39 is 0 Å². The van der Waals surface area contributed by atoms with Crippen molar-refractivity contribution in [2.24, 2.45) is 0 Å². The number of nitrogens with one attached hydrogen (secondary N) is 1. The molecule has 0 radical (unpaired) electrons. The molecule has 4 aromatic rings. The molecule has 0 spiro atoms. The Kier molecular flexibility index (Phi) is 5.51. The van der Waals surface area contributed by atoms with Gasteiger partial charge >= 0.3 is 0 Å². The first-order chi connectivity index (χ1) is 16.0. The summed E-state index contributed by atoms with van der Waals surface area (Å²) in [6.07, 6.45) is 6.26. The zero-order valence-corrected chi connectivity index (χ0v) is 18.4. The van der Waals surface area contributed by atoms with E-state index in [0.29, 0.717) is 47.8 Å². The molecule has 2 aromatic heterocycles. The first-order valence-corrected chi connectivity index (χ1v) is 10.8. The fourth-order valence-electron chi connectivity index (χ4n) is 4.11. The molecule has 0 unspecified atom stereocenters. The average molecular weight is 463 g/mol. The van der Waals surface area contributed by atoms with Crippen LogP contribution < -0.4 is 4.90 Å². The average Bonchev–Trinajstić information content (AvgIpc) is 3.38. The van der Waals surface area contributed by atoms with Crippen LogP contribution in [0.3, 0.4) is 0 Å². The highest BCUT2D eigenvalue weighted by atomic mass is 35.5. The third-order valence-electron chi connectivity index (χ3n) is 5.86. The minimum atomic E-state index is -0.374. The maximum atomic E-state index is 14.8. The van der Waals surface area contributed by atoms with E-state index in [2.05, 4.69) is 31.6 Å². The van der Waals surface area contributed by atoms with Gasteiger partial charge in [-0.25, -0.2) is 14.4 Å². The number of fused-ring (bicyclic) bond motifs is 1. The molecule has 1 aliphatic heterocycles. The minimum absolute atomic E-state index is 0.0745. The van der Waals surface area contributed by atoms with Gasteiger partial charge in [-0.15, -0.1) is 0 Å². The fourth-order valence-corrected chi connectivity index (χ4v) is 4.37. The Morgan fingerprint density at radius 3 is 2.64 bits per heavy atom. The summed E-state index contributed by atoms with van der Waals surface area (Å²) in [5.74, 6) is 0.294. The number of carbonyl (C=O) groups excluding carboxylic acids is 1. The van der Waals surface area contributed by atoms with Crippen molar-refractivity contribution in [1.82, 2.24) is 25.1 Å². The topological polar surface area (TPSA) is 78.0 Å². The summed E-state index contributed by atoms with van der Waals surface area (Å²) in [6.45, 7) is 5.97. The predicted octanol–water partition coefficient (Wildman–Crippen LogP) is 4.31. The first kappa shape index (κ1) is 21.1. The molecule has 166 valence electrons. The van der Waals surface area contributed by atoms with E-state index in [4.69, 9.17) is 11.6 Å². The smallest absolute Gasteiger partial charge is 0.246 e. The van der Waals surface area contributed by atoms with Crippen LogP contribution in [0.5, 0.6) is 0 Å². The highest BCUT2D eigenvalue weighted by Gasteiger charge is 2.23. The molecule has 1 aliphatic rings. The summed E-state index contributed by atoms with van der Waals surface area (Å²) >= 11 is 6.66. The summed E-state index contributed by atoms with van der Waals surface area (Å²) < 4.78 is 14.8. The van der Waals surface area contributed by atoms with Gasteiger partial charge in [0.15, 0.2) is 0 Å². The standard InChI is InChI=1S/C24H20ClFN6O/c1-2-23(33)31-5-7-32(8-6-31)24-19-10-20(25)17(11-22(19)27-14-28-24)18-9-15(3-4-21(18)26)16-12-29-30-13-16/h2-4,9-14H,1,5-8H2,(H,29,30). The van der Waals surface area contributed by atoms with Crippen LogP contribution in [0.25, 0.3) is 33.2 Å². The van der Waals surface area contributed by atoms with Crippen LogP contribution in [-0.2, 0) is 4.79 Å². The number of halogens is 2. The molecule has 1 saturated heterocycles. The number of anilines is 1. The lowest BCUT2D eigenvalue weighted by Crippen LogP contribution is -2.48. The second kappa shape index (κ2) is 8.63. The number of rotatable bonds is 4. The Bertz CT molecular complexity index is 1350. The zero-order valence-electron chi connectivity index (χ0n) is 17.6. The highest BCUT2D eigenvalue weighted by molar-refractivity contribution is 6.34. The van der Waals surface area contributed by atoms with Gasteiger partial charge in [-0.1, -0.05) is 24.2 Å². The largest absolute Gasteiger partial charge is 0.352 e. The van der Waals surface area contributed by atoms with E-state index in [-0.39, 0.29) is 11.7 Å². The Morgan fingerprint density at radius 2 is 1.91 bits per heavy atom. The van der Waals surface area contributed by atoms with Crippen LogP contribution in [0, 0.1) is 5.82 Å². The second-order valence-corrected chi connectivity index (χ2v) is 8.15. The van der Waals surface area contributed by atoms with Gasteiger partial charge in [0.1, 0.15) is 18.0 Å². The van der Waals surface area contributed by atoms with E-state index in [1.807, 2.05) is 0 Å². The van der Waals surface area contributed by atoms with Gasteiger partial charge in [-0.05, 0) is 35.9 Å². The number of aromatic nitrogens is 4. The molecule has 2 aromatic carbocycles. The van der Waals surface area contributed by atoms with E-state index in [1.165, 1.54) is 18.5 Å². The van der Waals surface area contributed by atoms with Gasteiger partial charge in [0, 0.05) is 59.5 Å². The number of nitrogens with zero attached hydrogens (tertiary/aromatic N) is 5. The van der Waals surface area contributed by atoms with Crippen LogP contribution in [0.2, 0.25) is 5.02 Å². The van der Waals surface area contributed by atoms with Crippen molar-refractivity contribution < 1.29 is 9.18 Å². The van der Waals surface area contributed by atoms with Crippen molar-refractivity contribution >= 4 is 34.2 Å². The van der Waals surface area contributed by atoms with Crippen LogP contribution >= 0.6 is 11.6 Å². The number of benzene rings is 2. The minimum Gasteiger partial charge on any atom is -0.352 e. The van der Waals surface area contributed by atoms with Crippen LogP contribution in [0.1, 0.15) is 0 Å². The summed E-state index contributed by atoms with van der Waals surface area (Å²) in [7, 11) is 0. The molecular weight excluding hydrogens is 443 g/mol. The molecule has 9 heteroatoms. The number of piperazine rings is 1. The van der Waals surface area contributed by atoms with Gasteiger partial charge in [0.25, 0.3) is 0 Å². The number of hydrogen-bond donors (Lipinski definition) is 1. The predicted molar refractivity (Wildman–Crippen MR) is 127 cm³/mol.